The minimum atomic E-state index is -2.36. The molecule has 2 aliphatic carbocycles. The fourth-order valence-corrected chi connectivity index (χ4v) is 31.3. The second-order valence-corrected chi connectivity index (χ2v) is 23.5. The maximum atomic E-state index is 2.48. The quantitative estimate of drug-likeness (QED) is 0.303. The molecule has 0 bridgehead atoms. The molecule has 4 aromatic carbocycles. The Morgan fingerprint density at radius 3 is 1.28 bits per heavy atom. The van der Waals surface area contributed by atoms with Gasteiger partial charge in [0, 0.05) is 0 Å². The summed E-state index contributed by atoms with van der Waals surface area (Å²) in [5.74, 6) is 0. The van der Waals surface area contributed by atoms with Gasteiger partial charge < -0.3 is 24.8 Å². The van der Waals surface area contributed by atoms with Gasteiger partial charge in [-0.2, -0.15) is 0 Å². The first kappa shape index (κ1) is 27.1. The van der Waals surface area contributed by atoms with Crippen molar-refractivity contribution in [2.24, 2.45) is 0 Å². The van der Waals surface area contributed by atoms with Crippen LogP contribution in [0.4, 0.5) is 0 Å². The smallest absolute Gasteiger partial charge is 1.00 e. The largest absolute Gasteiger partial charge is 1.00 e. The van der Waals surface area contributed by atoms with Crippen LogP contribution in [0.25, 0.3) is 12.2 Å². The summed E-state index contributed by atoms with van der Waals surface area (Å²) in [5, 5.41) is 3.17. The van der Waals surface area contributed by atoms with Gasteiger partial charge in [0.1, 0.15) is 0 Å². The molecule has 0 saturated carbocycles. The molecule has 0 fully saturated rings. The van der Waals surface area contributed by atoms with Gasteiger partial charge in [-0.1, -0.05) is 0 Å². The van der Waals surface area contributed by atoms with Crippen molar-refractivity contribution in [2.45, 2.75) is 21.1 Å². The van der Waals surface area contributed by atoms with Gasteiger partial charge in [-0.15, -0.1) is 0 Å². The van der Waals surface area contributed by atoms with Gasteiger partial charge in [-0.05, 0) is 0 Å². The number of halogens is 2. The normalized spacial score (nSPS) is 16.8. The van der Waals surface area contributed by atoms with Crippen molar-refractivity contribution in [3.05, 3.63) is 143 Å². The van der Waals surface area contributed by atoms with Crippen molar-refractivity contribution < 1.29 is 45.2 Å². The predicted octanol–water partition coefficient (Wildman–Crippen LogP) is 0.735. The standard InChI is InChI=1S/C12H10Si.2C10H9.2ClH.Zr/c1-3-7-11(8-4-1)13-12-9-5-2-6-10-12;2*1-8-6-9-4-2-3-5-10(9)7-8;;;/h1-10H;2*2-7H,1H3;2*1H;/q;;;;;+2/p-2. The molecule has 0 spiro atoms. The molecule has 178 valence electrons. The zero-order chi connectivity index (χ0) is 23.1. The minimum absolute atomic E-state index is 0. The monoisotopic (exact) mass is 600 g/mol. The molecule has 2 aliphatic rings. The van der Waals surface area contributed by atoms with Crippen LogP contribution in [0.3, 0.4) is 0 Å². The third-order valence-electron chi connectivity index (χ3n) is 7.33. The Bertz CT molecular complexity index is 1360. The third-order valence-corrected chi connectivity index (χ3v) is 28.5. The summed E-state index contributed by atoms with van der Waals surface area (Å²) in [7, 11) is 0. The number of allylic oxidation sites excluding steroid dienone is 2. The van der Waals surface area contributed by atoms with E-state index in [-0.39, 0.29) is 24.8 Å². The number of rotatable bonds is 4. The van der Waals surface area contributed by atoms with E-state index in [4.69, 9.17) is 0 Å². The zero-order valence-corrected chi connectivity index (χ0v) is 25.4. The second kappa shape index (κ2) is 11.6. The maximum Gasteiger partial charge on any atom is -1.00 e. The summed E-state index contributed by atoms with van der Waals surface area (Å²) in [6, 6.07) is 41.4. The molecule has 0 amide bonds. The molecule has 0 N–H and O–H groups in total. The van der Waals surface area contributed by atoms with Crippen LogP contribution in [0.1, 0.15) is 43.4 Å². The Balaban J connectivity index is 0.00000152. The Labute approximate surface area is 235 Å². The summed E-state index contributed by atoms with van der Waals surface area (Å²) >= 11 is -2.36. The van der Waals surface area contributed by atoms with E-state index in [1.165, 1.54) is 11.1 Å². The summed E-state index contributed by atoms with van der Waals surface area (Å²) < 4.78 is 1.21. The fraction of sp³-hybridized carbons (Fsp3) is 0.125. The molecule has 0 aliphatic heterocycles. The van der Waals surface area contributed by atoms with Gasteiger partial charge in [-0.25, -0.2) is 0 Å². The van der Waals surface area contributed by atoms with Crippen LogP contribution in [0.15, 0.2) is 120 Å². The average Bonchev–Trinajstić information content (AvgIpc) is 3.39. The average molecular weight is 603 g/mol. The van der Waals surface area contributed by atoms with Crippen LogP contribution < -0.4 is 35.2 Å². The van der Waals surface area contributed by atoms with Crippen LogP contribution in [0, 0.1) is 0 Å². The molecule has 0 aromatic heterocycles. The topological polar surface area (TPSA) is 0 Å². The van der Waals surface area contributed by atoms with E-state index in [9.17, 15) is 0 Å². The molecule has 4 heteroatoms. The van der Waals surface area contributed by atoms with E-state index in [1.54, 1.807) is 32.6 Å². The first-order valence-corrected chi connectivity index (χ1v) is 20.1. The molecule has 4 aromatic rings. The van der Waals surface area contributed by atoms with Gasteiger partial charge in [-0.3, -0.25) is 0 Å². The van der Waals surface area contributed by atoms with E-state index in [0.29, 0.717) is 7.25 Å². The van der Waals surface area contributed by atoms with E-state index in [2.05, 4.69) is 135 Å². The van der Waals surface area contributed by atoms with Gasteiger partial charge in [0.2, 0.25) is 0 Å². The summed E-state index contributed by atoms with van der Waals surface area (Å²) in [6.45, 7) is 4.81. The first-order valence-electron chi connectivity index (χ1n) is 12.1. The minimum Gasteiger partial charge on any atom is -1.00 e. The Kier molecular flexibility index (Phi) is 8.74. The molecule has 6 rings (SSSR count). The summed E-state index contributed by atoms with van der Waals surface area (Å²) in [5.41, 5.74) is 8.29. The second-order valence-electron chi connectivity index (χ2n) is 9.46. The van der Waals surface area contributed by atoms with Crippen molar-refractivity contribution in [1.82, 2.24) is 0 Å². The maximum absolute atomic E-state index is 2.48. The molecule has 2 unspecified atom stereocenters. The van der Waals surface area contributed by atoms with Crippen molar-refractivity contribution in [2.75, 3.05) is 0 Å². The summed E-state index contributed by atoms with van der Waals surface area (Å²) in [4.78, 5) is 0. The fourth-order valence-electron chi connectivity index (χ4n) is 5.95. The SMILES string of the molecule is CC1=Cc2ccccc2[CH]1[Zr+2]([CH]1C(C)=Cc2ccccc21)=[Si](c1ccccc1)c1ccccc1.[Cl-].[Cl-]. The van der Waals surface area contributed by atoms with Gasteiger partial charge in [0.05, 0.1) is 0 Å². The molecule has 0 nitrogen and oxygen atoms in total. The molecule has 2 atom stereocenters. The molecule has 0 heterocycles. The van der Waals surface area contributed by atoms with Crippen LogP contribution in [0.2, 0.25) is 0 Å². The van der Waals surface area contributed by atoms with Gasteiger partial charge in [0.25, 0.3) is 0 Å². The van der Waals surface area contributed by atoms with E-state index >= 15 is 0 Å². The number of fused-ring (bicyclic) bond motifs is 2. The number of hydrogen-bond acceptors (Lipinski definition) is 0. The molecular formula is C32H28Cl2SiZr. The van der Waals surface area contributed by atoms with Gasteiger partial charge in [0.15, 0.2) is 0 Å². The Hall–Kier alpha value is -1.96. The van der Waals surface area contributed by atoms with Crippen molar-refractivity contribution >= 4 is 28.0 Å². The third kappa shape index (κ3) is 4.82. The van der Waals surface area contributed by atoms with Crippen LogP contribution in [0.5, 0.6) is 0 Å². The van der Waals surface area contributed by atoms with E-state index in [0.717, 1.165) is 0 Å². The van der Waals surface area contributed by atoms with Crippen molar-refractivity contribution in [3.63, 3.8) is 0 Å². The molecule has 0 saturated heterocycles. The first-order chi connectivity index (χ1) is 16.7. The predicted molar refractivity (Wildman–Crippen MR) is 144 cm³/mol. The molecule has 0 radical (unpaired) electrons. The summed E-state index contributed by atoms with van der Waals surface area (Å²) in [6.07, 6.45) is 4.96. The van der Waals surface area contributed by atoms with Crippen LogP contribution in [-0.2, 0) is 20.4 Å². The Morgan fingerprint density at radius 1 is 0.500 bits per heavy atom. The zero-order valence-electron chi connectivity index (χ0n) is 20.5. The van der Waals surface area contributed by atoms with Crippen molar-refractivity contribution in [1.29, 1.82) is 0 Å². The van der Waals surface area contributed by atoms with E-state index in [1.807, 2.05) is 0 Å². The number of benzene rings is 4. The van der Waals surface area contributed by atoms with Crippen LogP contribution in [-0.4, -0.2) is 5.43 Å². The Morgan fingerprint density at radius 2 is 0.861 bits per heavy atom. The van der Waals surface area contributed by atoms with Crippen molar-refractivity contribution in [3.8, 4) is 0 Å². The van der Waals surface area contributed by atoms with Crippen LogP contribution >= 0.6 is 0 Å². The molecular weight excluding hydrogens is 575 g/mol. The van der Waals surface area contributed by atoms with E-state index < -0.39 is 25.8 Å². The number of hydrogen-bond donors (Lipinski definition) is 0. The van der Waals surface area contributed by atoms with Gasteiger partial charge >= 0.3 is 212 Å². The molecule has 36 heavy (non-hydrogen) atoms.